The first-order valence-electron chi connectivity index (χ1n) is 7.28. The molecule has 0 saturated carbocycles. The molecule has 0 bridgehead atoms. The molecule has 1 aromatic heterocycles. The average molecular weight is 278 g/mol. The molecular weight excluding hydrogens is 252 g/mol. The predicted molar refractivity (Wildman–Crippen MR) is 80.0 cm³/mol. The Bertz CT molecular complexity index is 445. The number of pyridine rings is 1. The zero-order valence-electron chi connectivity index (χ0n) is 13.2. The normalized spacial score (nSPS) is 24.1. The SMILES string of the molecule is COC1(CNC(C)c2c(C)cc(C)nc2C)CCOC1. The molecule has 20 heavy (non-hydrogen) atoms. The fourth-order valence-corrected chi connectivity index (χ4v) is 3.09. The van der Waals surface area contributed by atoms with Crippen molar-refractivity contribution in [1.82, 2.24) is 10.3 Å². The van der Waals surface area contributed by atoms with Gasteiger partial charge in [-0.05, 0) is 44.9 Å². The Labute approximate surface area is 121 Å². The largest absolute Gasteiger partial charge is 0.378 e. The van der Waals surface area contributed by atoms with Gasteiger partial charge in [-0.2, -0.15) is 0 Å². The smallest absolute Gasteiger partial charge is 0.106 e. The molecule has 1 aliphatic rings. The van der Waals surface area contributed by atoms with E-state index < -0.39 is 0 Å². The van der Waals surface area contributed by atoms with E-state index in [1.54, 1.807) is 7.11 Å². The minimum Gasteiger partial charge on any atom is -0.378 e. The molecule has 2 atom stereocenters. The quantitative estimate of drug-likeness (QED) is 0.898. The van der Waals surface area contributed by atoms with Gasteiger partial charge in [0.15, 0.2) is 0 Å². The first-order chi connectivity index (χ1) is 9.47. The van der Waals surface area contributed by atoms with Gasteiger partial charge >= 0.3 is 0 Å². The van der Waals surface area contributed by atoms with E-state index in [0.29, 0.717) is 6.61 Å². The van der Waals surface area contributed by atoms with Crippen molar-refractivity contribution in [1.29, 1.82) is 0 Å². The van der Waals surface area contributed by atoms with Gasteiger partial charge < -0.3 is 14.8 Å². The molecule has 1 saturated heterocycles. The van der Waals surface area contributed by atoms with Gasteiger partial charge in [-0.3, -0.25) is 4.98 Å². The van der Waals surface area contributed by atoms with Gasteiger partial charge in [0, 0.05) is 44.1 Å². The molecular formula is C16H26N2O2. The van der Waals surface area contributed by atoms with Gasteiger partial charge in [0.25, 0.3) is 0 Å². The molecule has 2 rings (SSSR count). The second-order valence-electron chi connectivity index (χ2n) is 5.87. The number of nitrogens with one attached hydrogen (secondary N) is 1. The van der Waals surface area contributed by atoms with E-state index in [4.69, 9.17) is 9.47 Å². The maximum atomic E-state index is 5.66. The van der Waals surface area contributed by atoms with Crippen molar-refractivity contribution in [2.45, 2.75) is 45.8 Å². The van der Waals surface area contributed by atoms with Crippen LogP contribution in [0, 0.1) is 20.8 Å². The van der Waals surface area contributed by atoms with E-state index in [1.165, 1.54) is 11.1 Å². The maximum absolute atomic E-state index is 5.66. The molecule has 1 aliphatic heterocycles. The van der Waals surface area contributed by atoms with Crippen LogP contribution in [0.1, 0.15) is 41.9 Å². The molecule has 2 heterocycles. The van der Waals surface area contributed by atoms with Crippen LogP contribution in [0.4, 0.5) is 0 Å². The number of hydrogen-bond acceptors (Lipinski definition) is 4. The fourth-order valence-electron chi connectivity index (χ4n) is 3.09. The summed E-state index contributed by atoms with van der Waals surface area (Å²) in [4.78, 5) is 4.58. The van der Waals surface area contributed by atoms with Gasteiger partial charge in [0.05, 0.1) is 6.61 Å². The fraction of sp³-hybridized carbons (Fsp3) is 0.688. The molecule has 0 aromatic carbocycles. The van der Waals surface area contributed by atoms with Gasteiger partial charge in [0.1, 0.15) is 5.60 Å². The third-order valence-electron chi connectivity index (χ3n) is 4.25. The third kappa shape index (κ3) is 3.19. The molecule has 112 valence electrons. The zero-order chi connectivity index (χ0) is 14.8. The molecule has 1 fully saturated rings. The van der Waals surface area contributed by atoms with Crippen molar-refractivity contribution in [3.8, 4) is 0 Å². The summed E-state index contributed by atoms with van der Waals surface area (Å²) in [5.41, 5.74) is 4.60. The lowest BCUT2D eigenvalue weighted by molar-refractivity contribution is -0.0172. The number of nitrogens with zero attached hydrogens (tertiary/aromatic N) is 1. The molecule has 4 nitrogen and oxygen atoms in total. The Kier molecular flexibility index (Phi) is 4.78. The van der Waals surface area contributed by atoms with Crippen molar-refractivity contribution < 1.29 is 9.47 Å². The molecule has 0 amide bonds. The standard InChI is InChI=1S/C16H26N2O2/c1-11-8-12(2)18-14(4)15(11)13(3)17-9-16(19-5)6-7-20-10-16/h8,13,17H,6-7,9-10H2,1-5H3. The van der Waals surface area contributed by atoms with Crippen molar-refractivity contribution in [3.63, 3.8) is 0 Å². The van der Waals surface area contributed by atoms with Gasteiger partial charge in [0.2, 0.25) is 0 Å². The highest BCUT2D eigenvalue weighted by Gasteiger charge is 2.35. The van der Waals surface area contributed by atoms with Gasteiger partial charge in [-0.1, -0.05) is 0 Å². The molecule has 2 unspecified atom stereocenters. The van der Waals surface area contributed by atoms with Crippen LogP contribution in [0.3, 0.4) is 0 Å². The lowest BCUT2D eigenvalue weighted by Gasteiger charge is -2.29. The number of methoxy groups -OCH3 is 1. The lowest BCUT2D eigenvalue weighted by atomic mass is 9.98. The maximum Gasteiger partial charge on any atom is 0.106 e. The third-order valence-corrected chi connectivity index (χ3v) is 4.25. The van der Waals surface area contributed by atoms with Crippen LogP contribution in [-0.4, -0.2) is 37.5 Å². The van der Waals surface area contributed by atoms with E-state index >= 15 is 0 Å². The first kappa shape index (κ1) is 15.4. The summed E-state index contributed by atoms with van der Waals surface area (Å²) >= 11 is 0. The van der Waals surface area contributed by atoms with Crippen molar-refractivity contribution in [3.05, 3.63) is 28.6 Å². The summed E-state index contributed by atoms with van der Waals surface area (Å²) in [5.74, 6) is 0. The number of rotatable bonds is 5. The van der Waals surface area contributed by atoms with E-state index in [-0.39, 0.29) is 11.6 Å². The van der Waals surface area contributed by atoms with Crippen LogP contribution < -0.4 is 5.32 Å². The summed E-state index contributed by atoms with van der Waals surface area (Å²) in [6, 6.07) is 2.40. The zero-order valence-corrected chi connectivity index (χ0v) is 13.2. The van der Waals surface area contributed by atoms with E-state index in [1.807, 2.05) is 6.92 Å². The highest BCUT2D eigenvalue weighted by atomic mass is 16.5. The summed E-state index contributed by atoms with van der Waals surface area (Å²) in [5, 5.41) is 3.59. The van der Waals surface area contributed by atoms with E-state index in [2.05, 4.69) is 37.1 Å². The lowest BCUT2D eigenvalue weighted by Crippen LogP contribution is -2.43. The molecule has 1 aromatic rings. The van der Waals surface area contributed by atoms with Crippen molar-refractivity contribution in [2.75, 3.05) is 26.9 Å². The minimum atomic E-state index is -0.172. The van der Waals surface area contributed by atoms with Crippen LogP contribution in [0.5, 0.6) is 0 Å². The van der Waals surface area contributed by atoms with Crippen LogP contribution in [0.15, 0.2) is 6.07 Å². The molecule has 0 spiro atoms. The summed E-state index contributed by atoms with van der Waals surface area (Å²) in [7, 11) is 1.77. The van der Waals surface area contributed by atoms with Crippen molar-refractivity contribution >= 4 is 0 Å². The van der Waals surface area contributed by atoms with Gasteiger partial charge in [-0.25, -0.2) is 0 Å². The molecule has 0 radical (unpaired) electrons. The molecule has 4 heteroatoms. The topological polar surface area (TPSA) is 43.4 Å². The Hall–Kier alpha value is -0.970. The summed E-state index contributed by atoms with van der Waals surface area (Å²) in [6.07, 6.45) is 0.952. The van der Waals surface area contributed by atoms with E-state index in [9.17, 15) is 0 Å². The van der Waals surface area contributed by atoms with E-state index in [0.717, 1.165) is 31.0 Å². The van der Waals surface area contributed by atoms with Crippen LogP contribution in [0.2, 0.25) is 0 Å². The van der Waals surface area contributed by atoms with Crippen LogP contribution in [0.25, 0.3) is 0 Å². The Morgan fingerprint density at radius 1 is 1.45 bits per heavy atom. The van der Waals surface area contributed by atoms with Crippen molar-refractivity contribution in [2.24, 2.45) is 0 Å². The highest BCUT2D eigenvalue weighted by molar-refractivity contribution is 5.33. The Balaban J connectivity index is 2.07. The number of aryl methyl sites for hydroxylation is 3. The number of aromatic nitrogens is 1. The predicted octanol–water partition coefficient (Wildman–Crippen LogP) is 2.46. The summed E-state index contributed by atoms with van der Waals surface area (Å²) in [6.45, 7) is 10.7. The van der Waals surface area contributed by atoms with Crippen LogP contribution in [-0.2, 0) is 9.47 Å². The van der Waals surface area contributed by atoms with Gasteiger partial charge in [-0.15, -0.1) is 0 Å². The number of hydrogen-bond donors (Lipinski definition) is 1. The molecule has 0 aliphatic carbocycles. The second-order valence-corrected chi connectivity index (χ2v) is 5.87. The number of ether oxygens (including phenoxy) is 2. The minimum absolute atomic E-state index is 0.172. The second kappa shape index (κ2) is 6.20. The van der Waals surface area contributed by atoms with Crippen LogP contribution >= 0.6 is 0 Å². The highest BCUT2D eigenvalue weighted by Crippen LogP contribution is 2.25. The summed E-state index contributed by atoms with van der Waals surface area (Å²) < 4.78 is 11.1. The molecule has 1 N–H and O–H groups in total. The monoisotopic (exact) mass is 278 g/mol. The first-order valence-corrected chi connectivity index (χ1v) is 7.28. The Morgan fingerprint density at radius 3 is 2.75 bits per heavy atom. The average Bonchev–Trinajstić information content (AvgIpc) is 2.84. The Morgan fingerprint density at radius 2 is 2.20 bits per heavy atom.